The zero-order valence-electron chi connectivity index (χ0n) is 18.1. The first-order chi connectivity index (χ1) is 15.9. The lowest BCUT2D eigenvalue weighted by molar-refractivity contribution is -0.126. The number of imide groups is 1. The molecule has 2 saturated heterocycles. The predicted molar refractivity (Wildman–Crippen MR) is 118 cm³/mol. The van der Waals surface area contributed by atoms with Gasteiger partial charge >= 0.3 is 6.03 Å². The summed E-state index contributed by atoms with van der Waals surface area (Å²) in [6.45, 7) is 3.49. The molecule has 170 valence electrons. The van der Waals surface area contributed by atoms with Gasteiger partial charge in [-0.05, 0) is 43.0 Å². The van der Waals surface area contributed by atoms with Crippen LogP contribution in [0.15, 0.2) is 42.7 Å². The summed E-state index contributed by atoms with van der Waals surface area (Å²) in [5, 5.41) is 20.3. The molecule has 1 aromatic carbocycles. The summed E-state index contributed by atoms with van der Waals surface area (Å²) in [6.07, 6.45) is 3.04. The summed E-state index contributed by atoms with van der Waals surface area (Å²) in [5.74, 6) is 0.397. The number of hydrogen-bond donors (Lipinski definition) is 3. The van der Waals surface area contributed by atoms with Gasteiger partial charge in [-0.3, -0.25) is 14.9 Å². The van der Waals surface area contributed by atoms with Crippen molar-refractivity contribution >= 4 is 29.3 Å². The molecule has 4 amide bonds. The Hall–Kier alpha value is -4.02. The molecule has 2 aliphatic heterocycles. The van der Waals surface area contributed by atoms with E-state index in [4.69, 9.17) is 0 Å². The lowest BCUT2D eigenvalue weighted by Crippen LogP contribution is -2.41. The van der Waals surface area contributed by atoms with Crippen LogP contribution in [0.5, 0.6) is 0 Å². The minimum atomic E-state index is -1.12. The Kier molecular flexibility index (Phi) is 5.15. The maximum atomic E-state index is 12.8. The molecule has 0 radical (unpaired) electrons. The fraction of sp³-hybridized carbons (Fsp3) is 0.364. The Morgan fingerprint density at radius 1 is 1.21 bits per heavy atom. The SMILES string of the molecule is CC1(c2cccc(CNC(=O)C3CCN(c4ccc5nncn5n4)CC3)c2)NC(=O)NC1=O. The number of carbonyl (C=O) groups is 3. The molecule has 3 aromatic rings. The Bertz CT molecular complexity index is 1230. The summed E-state index contributed by atoms with van der Waals surface area (Å²) in [5.41, 5.74) is 1.11. The number of carbonyl (C=O) groups excluding carboxylic acids is 3. The van der Waals surface area contributed by atoms with Gasteiger partial charge in [-0.2, -0.15) is 4.52 Å². The van der Waals surface area contributed by atoms with Crippen LogP contribution in [0.1, 0.15) is 30.9 Å². The number of aromatic nitrogens is 4. The van der Waals surface area contributed by atoms with Crippen molar-refractivity contribution in [2.24, 2.45) is 5.92 Å². The second kappa shape index (κ2) is 8.15. The maximum absolute atomic E-state index is 12.8. The van der Waals surface area contributed by atoms with E-state index < -0.39 is 17.5 Å². The van der Waals surface area contributed by atoms with Crippen molar-refractivity contribution in [2.45, 2.75) is 31.8 Å². The smallest absolute Gasteiger partial charge is 0.322 e. The molecule has 11 heteroatoms. The van der Waals surface area contributed by atoms with Crippen molar-refractivity contribution in [1.29, 1.82) is 0 Å². The monoisotopic (exact) mass is 448 g/mol. The van der Waals surface area contributed by atoms with Gasteiger partial charge in [0.25, 0.3) is 5.91 Å². The second-order valence-corrected chi connectivity index (χ2v) is 8.54. The van der Waals surface area contributed by atoms with Crippen LogP contribution in [-0.4, -0.2) is 50.7 Å². The van der Waals surface area contributed by atoms with E-state index in [9.17, 15) is 14.4 Å². The molecule has 1 unspecified atom stereocenters. The molecule has 11 nitrogen and oxygen atoms in total. The summed E-state index contributed by atoms with van der Waals surface area (Å²) < 4.78 is 1.64. The molecule has 0 spiro atoms. The van der Waals surface area contributed by atoms with E-state index in [0.29, 0.717) is 17.8 Å². The Morgan fingerprint density at radius 3 is 2.79 bits per heavy atom. The Morgan fingerprint density at radius 2 is 2.03 bits per heavy atom. The van der Waals surface area contributed by atoms with Gasteiger partial charge in [0.2, 0.25) is 5.91 Å². The summed E-state index contributed by atoms with van der Waals surface area (Å²) >= 11 is 0. The average molecular weight is 448 g/mol. The van der Waals surface area contributed by atoms with E-state index in [2.05, 4.69) is 36.1 Å². The zero-order chi connectivity index (χ0) is 23.0. The molecule has 33 heavy (non-hydrogen) atoms. The fourth-order valence-electron chi connectivity index (χ4n) is 4.33. The lowest BCUT2D eigenvalue weighted by Gasteiger charge is -2.32. The van der Waals surface area contributed by atoms with Gasteiger partial charge in [-0.15, -0.1) is 15.3 Å². The van der Waals surface area contributed by atoms with Crippen LogP contribution < -0.4 is 20.9 Å². The Balaban J connectivity index is 1.17. The standard InChI is InChI=1S/C22H24N8O3/c1-22(20(32)25-21(33)26-22)16-4-2-3-14(11-16)12-23-19(31)15-7-9-29(10-8-15)18-6-5-17-27-24-13-30(17)28-18/h2-6,11,13,15H,7-10,12H2,1H3,(H,23,31)(H2,25,26,32,33). The van der Waals surface area contributed by atoms with Crippen LogP contribution in [0.4, 0.5) is 10.6 Å². The van der Waals surface area contributed by atoms with Crippen LogP contribution in [0.25, 0.3) is 5.65 Å². The van der Waals surface area contributed by atoms with Gasteiger partial charge in [0, 0.05) is 25.6 Å². The molecule has 2 fully saturated rings. The van der Waals surface area contributed by atoms with Gasteiger partial charge in [0.1, 0.15) is 17.7 Å². The van der Waals surface area contributed by atoms with Gasteiger partial charge < -0.3 is 15.5 Å². The Labute approximate surface area is 189 Å². The quantitative estimate of drug-likeness (QED) is 0.490. The van der Waals surface area contributed by atoms with Crippen LogP contribution in [-0.2, 0) is 21.7 Å². The van der Waals surface area contributed by atoms with Crippen LogP contribution in [0.3, 0.4) is 0 Å². The van der Waals surface area contributed by atoms with Crippen molar-refractivity contribution in [3.05, 3.63) is 53.9 Å². The molecular weight excluding hydrogens is 424 g/mol. The molecule has 3 N–H and O–H groups in total. The predicted octanol–water partition coefficient (Wildman–Crippen LogP) is 0.712. The van der Waals surface area contributed by atoms with Crippen molar-refractivity contribution < 1.29 is 14.4 Å². The van der Waals surface area contributed by atoms with Gasteiger partial charge in [-0.25, -0.2) is 4.79 Å². The normalized spacial score (nSPS) is 21.2. The van der Waals surface area contributed by atoms with Gasteiger partial charge in [0.05, 0.1) is 0 Å². The zero-order valence-corrected chi connectivity index (χ0v) is 18.1. The molecule has 2 aromatic heterocycles. The van der Waals surface area contributed by atoms with Crippen molar-refractivity contribution in [3.8, 4) is 0 Å². The van der Waals surface area contributed by atoms with E-state index in [1.807, 2.05) is 30.3 Å². The minimum Gasteiger partial charge on any atom is -0.355 e. The number of rotatable bonds is 5. The number of fused-ring (bicyclic) bond motifs is 1. The molecule has 2 aliphatic rings. The van der Waals surface area contributed by atoms with Crippen molar-refractivity contribution in [1.82, 2.24) is 35.8 Å². The van der Waals surface area contributed by atoms with E-state index in [1.165, 1.54) is 0 Å². The highest BCUT2D eigenvalue weighted by Crippen LogP contribution is 2.25. The number of piperidine rings is 1. The highest BCUT2D eigenvalue weighted by Gasteiger charge is 2.43. The maximum Gasteiger partial charge on any atom is 0.322 e. The largest absolute Gasteiger partial charge is 0.355 e. The summed E-state index contributed by atoms with van der Waals surface area (Å²) in [4.78, 5) is 38.7. The number of anilines is 1. The number of amides is 4. The third-order valence-corrected chi connectivity index (χ3v) is 6.35. The van der Waals surface area contributed by atoms with E-state index in [1.54, 1.807) is 23.8 Å². The first kappa shape index (κ1) is 20.9. The number of nitrogens with one attached hydrogen (secondary N) is 3. The molecular formula is C22H24N8O3. The molecule has 0 bridgehead atoms. The van der Waals surface area contributed by atoms with Crippen molar-refractivity contribution in [2.75, 3.05) is 18.0 Å². The number of urea groups is 1. The average Bonchev–Trinajstić information content (AvgIpc) is 3.40. The number of benzene rings is 1. The lowest BCUT2D eigenvalue weighted by atomic mass is 9.91. The topological polar surface area (TPSA) is 134 Å². The van der Waals surface area contributed by atoms with E-state index in [-0.39, 0.29) is 11.8 Å². The van der Waals surface area contributed by atoms with E-state index >= 15 is 0 Å². The third-order valence-electron chi connectivity index (χ3n) is 6.35. The van der Waals surface area contributed by atoms with Gasteiger partial charge in [0.15, 0.2) is 5.65 Å². The van der Waals surface area contributed by atoms with Crippen molar-refractivity contribution in [3.63, 3.8) is 0 Å². The number of hydrogen-bond acceptors (Lipinski definition) is 7. The summed E-state index contributed by atoms with van der Waals surface area (Å²) in [7, 11) is 0. The van der Waals surface area contributed by atoms with Gasteiger partial charge in [-0.1, -0.05) is 24.3 Å². The van der Waals surface area contributed by atoms with Crippen LogP contribution in [0, 0.1) is 5.92 Å². The summed E-state index contributed by atoms with van der Waals surface area (Å²) in [6, 6.07) is 10.6. The highest BCUT2D eigenvalue weighted by atomic mass is 16.2. The first-order valence-corrected chi connectivity index (χ1v) is 10.8. The molecule has 0 saturated carbocycles. The van der Waals surface area contributed by atoms with E-state index in [0.717, 1.165) is 37.3 Å². The molecule has 5 rings (SSSR count). The molecule has 0 aliphatic carbocycles. The van der Waals surface area contributed by atoms with Crippen LogP contribution in [0.2, 0.25) is 0 Å². The third kappa shape index (κ3) is 3.97. The molecule has 4 heterocycles. The van der Waals surface area contributed by atoms with Crippen LogP contribution >= 0.6 is 0 Å². The second-order valence-electron chi connectivity index (χ2n) is 8.54. The molecule has 1 atom stereocenters. The highest BCUT2D eigenvalue weighted by molar-refractivity contribution is 6.07. The number of nitrogens with zero attached hydrogens (tertiary/aromatic N) is 5. The first-order valence-electron chi connectivity index (χ1n) is 10.8. The minimum absolute atomic E-state index is 0.0143. The fourth-order valence-corrected chi connectivity index (χ4v) is 4.33.